The second-order valence-electron chi connectivity index (χ2n) is 6.84. The van der Waals surface area contributed by atoms with E-state index in [0.29, 0.717) is 11.5 Å². The van der Waals surface area contributed by atoms with E-state index in [0.717, 1.165) is 12.5 Å². The Morgan fingerprint density at radius 2 is 2.06 bits per heavy atom. The molecular weight excluding hydrogens is 226 g/mol. The quantitative estimate of drug-likeness (QED) is 0.818. The molecule has 0 saturated heterocycles. The monoisotopic (exact) mass is 255 g/mol. The summed E-state index contributed by atoms with van der Waals surface area (Å²) in [6.45, 7) is 12.1. The standard InChI is InChI=1S/C15H29NO2/c1-6-16(12(3)8-14(17)18)13-7-11(2)9-15(4,5)10-13/h11-13H,6-10H2,1-5H3,(H,17,18). The Kier molecular flexibility index (Phi) is 5.20. The maximum atomic E-state index is 10.9. The van der Waals surface area contributed by atoms with E-state index in [-0.39, 0.29) is 12.5 Å². The van der Waals surface area contributed by atoms with Gasteiger partial charge in [-0.3, -0.25) is 9.69 Å². The lowest BCUT2D eigenvalue weighted by Crippen LogP contribution is -2.47. The molecule has 0 aromatic rings. The van der Waals surface area contributed by atoms with Crippen molar-refractivity contribution in [3.05, 3.63) is 0 Å². The molecule has 0 radical (unpaired) electrons. The molecule has 1 aliphatic carbocycles. The van der Waals surface area contributed by atoms with Crippen LogP contribution in [0.1, 0.15) is 60.3 Å². The van der Waals surface area contributed by atoms with E-state index in [1.807, 2.05) is 6.92 Å². The predicted octanol–water partition coefficient (Wildman–Crippen LogP) is 3.39. The third kappa shape index (κ3) is 4.27. The first-order valence-electron chi connectivity index (χ1n) is 7.22. The molecule has 3 unspecified atom stereocenters. The van der Waals surface area contributed by atoms with Gasteiger partial charge in [0.25, 0.3) is 0 Å². The van der Waals surface area contributed by atoms with Crippen LogP contribution in [-0.4, -0.2) is 34.6 Å². The molecule has 1 saturated carbocycles. The van der Waals surface area contributed by atoms with Crippen molar-refractivity contribution >= 4 is 5.97 Å². The summed E-state index contributed by atoms with van der Waals surface area (Å²) in [4.78, 5) is 13.3. The average Bonchev–Trinajstić information content (AvgIpc) is 2.13. The van der Waals surface area contributed by atoms with Gasteiger partial charge in [0, 0.05) is 12.1 Å². The van der Waals surface area contributed by atoms with Crippen molar-refractivity contribution in [3.8, 4) is 0 Å². The molecule has 0 aliphatic heterocycles. The summed E-state index contributed by atoms with van der Waals surface area (Å²) in [5.41, 5.74) is 0.388. The molecule has 3 atom stereocenters. The number of nitrogens with zero attached hydrogens (tertiary/aromatic N) is 1. The lowest BCUT2D eigenvalue weighted by molar-refractivity contribution is -0.138. The Labute approximate surface area is 112 Å². The normalized spacial score (nSPS) is 29.2. The van der Waals surface area contributed by atoms with Gasteiger partial charge in [-0.1, -0.05) is 27.7 Å². The molecule has 3 heteroatoms. The van der Waals surface area contributed by atoms with E-state index in [4.69, 9.17) is 5.11 Å². The van der Waals surface area contributed by atoms with E-state index >= 15 is 0 Å². The Morgan fingerprint density at radius 3 is 2.50 bits per heavy atom. The summed E-state index contributed by atoms with van der Waals surface area (Å²) < 4.78 is 0. The molecule has 0 aromatic carbocycles. The molecule has 1 N–H and O–H groups in total. The van der Waals surface area contributed by atoms with Gasteiger partial charge >= 0.3 is 5.97 Å². The van der Waals surface area contributed by atoms with Crippen LogP contribution >= 0.6 is 0 Å². The van der Waals surface area contributed by atoms with Crippen LogP contribution in [0, 0.1) is 11.3 Å². The Balaban J connectivity index is 2.72. The van der Waals surface area contributed by atoms with Gasteiger partial charge in [0.15, 0.2) is 0 Å². The molecule has 0 bridgehead atoms. The van der Waals surface area contributed by atoms with Crippen LogP contribution in [0.4, 0.5) is 0 Å². The molecule has 18 heavy (non-hydrogen) atoms. The smallest absolute Gasteiger partial charge is 0.304 e. The first-order valence-corrected chi connectivity index (χ1v) is 7.22. The Hall–Kier alpha value is -0.570. The van der Waals surface area contributed by atoms with Crippen LogP contribution in [0.2, 0.25) is 0 Å². The minimum Gasteiger partial charge on any atom is -0.481 e. The van der Waals surface area contributed by atoms with E-state index in [9.17, 15) is 4.79 Å². The van der Waals surface area contributed by atoms with Crippen LogP contribution in [0.15, 0.2) is 0 Å². The number of aliphatic carboxylic acids is 1. The van der Waals surface area contributed by atoms with Crippen LogP contribution in [0.3, 0.4) is 0 Å². The van der Waals surface area contributed by atoms with Gasteiger partial charge < -0.3 is 5.11 Å². The fourth-order valence-electron chi connectivity index (χ4n) is 3.85. The first-order chi connectivity index (χ1) is 8.25. The molecule has 0 heterocycles. The summed E-state index contributed by atoms with van der Waals surface area (Å²) in [5, 5.41) is 8.95. The highest BCUT2D eigenvalue weighted by molar-refractivity contribution is 5.67. The third-order valence-electron chi connectivity index (χ3n) is 4.23. The Morgan fingerprint density at radius 1 is 1.44 bits per heavy atom. The number of rotatable bonds is 5. The molecule has 3 nitrogen and oxygen atoms in total. The molecule has 106 valence electrons. The van der Waals surface area contributed by atoms with Crippen LogP contribution in [0.5, 0.6) is 0 Å². The summed E-state index contributed by atoms with van der Waals surface area (Å²) in [5.74, 6) is 0.0499. The number of carboxylic acid groups (broad SMARTS) is 1. The average molecular weight is 255 g/mol. The second-order valence-corrected chi connectivity index (χ2v) is 6.84. The molecule has 1 fully saturated rings. The SMILES string of the molecule is CCN(C(C)CC(=O)O)C1CC(C)CC(C)(C)C1. The van der Waals surface area contributed by atoms with E-state index in [2.05, 4.69) is 32.6 Å². The number of carbonyl (C=O) groups is 1. The first kappa shape index (κ1) is 15.5. The summed E-state index contributed by atoms with van der Waals surface area (Å²) >= 11 is 0. The third-order valence-corrected chi connectivity index (χ3v) is 4.23. The van der Waals surface area contributed by atoms with Crippen molar-refractivity contribution in [1.82, 2.24) is 4.90 Å². The number of hydrogen-bond acceptors (Lipinski definition) is 2. The second kappa shape index (κ2) is 6.05. The van der Waals surface area contributed by atoms with Crippen molar-refractivity contribution in [2.24, 2.45) is 11.3 Å². The van der Waals surface area contributed by atoms with E-state index < -0.39 is 5.97 Å². The maximum absolute atomic E-state index is 10.9. The van der Waals surface area contributed by atoms with Gasteiger partial charge in [-0.2, -0.15) is 0 Å². The maximum Gasteiger partial charge on any atom is 0.304 e. The zero-order chi connectivity index (χ0) is 13.9. The number of carboxylic acids is 1. The zero-order valence-electron chi connectivity index (χ0n) is 12.6. The van der Waals surface area contributed by atoms with Crippen molar-refractivity contribution < 1.29 is 9.90 Å². The van der Waals surface area contributed by atoms with Crippen molar-refractivity contribution in [3.63, 3.8) is 0 Å². The van der Waals surface area contributed by atoms with Crippen molar-refractivity contribution in [2.45, 2.75) is 72.4 Å². The summed E-state index contributed by atoms with van der Waals surface area (Å²) in [6, 6.07) is 0.682. The van der Waals surface area contributed by atoms with Crippen molar-refractivity contribution in [2.75, 3.05) is 6.54 Å². The fraction of sp³-hybridized carbons (Fsp3) is 0.933. The zero-order valence-corrected chi connectivity index (χ0v) is 12.6. The van der Waals surface area contributed by atoms with Gasteiger partial charge in [-0.05, 0) is 44.1 Å². The molecule has 0 spiro atoms. The lowest BCUT2D eigenvalue weighted by Gasteiger charge is -2.45. The molecule has 1 aliphatic rings. The van der Waals surface area contributed by atoms with Crippen molar-refractivity contribution in [1.29, 1.82) is 0 Å². The molecule has 1 rings (SSSR count). The highest BCUT2D eigenvalue weighted by Gasteiger charge is 2.36. The molecule has 0 amide bonds. The van der Waals surface area contributed by atoms with Gasteiger partial charge in [0.2, 0.25) is 0 Å². The molecule has 0 aromatic heterocycles. The van der Waals surface area contributed by atoms with Gasteiger partial charge in [0.05, 0.1) is 6.42 Å². The topological polar surface area (TPSA) is 40.5 Å². The highest BCUT2D eigenvalue weighted by Crippen LogP contribution is 2.40. The fourth-order valence-corrected chi connectivity index (χ4v) is 3.85. The minimum absolute atomic E-state index is 0.138. The predicted molar refractivity (Wildman–Crippen MR) is 74.7 cm³/mol. The Bertz CT molecular complexity index is 288. The van der Waals surface area contributed by atoms with Crippen LogP contribution in [0.25, 0.3) is 0 Å². The van der Waals surface area contributed by atoms with Gasteiger partial charge in [0.1, 0.15) is 0 Å². The largest absolute Gasteiger partial charge is 0.481 e. The summed E-state index contributed by atoms with van der Waals surface area (Å²) in [6.07, 6.45) is 3.93. The van der Waals surface area contributed by atoms with Gasteiger partial charge in [-0.15, -0.1) is 0 Å². The van der Waals surface area contributed by atoms with Crippen LogP contribution in [-0.2, 0) is 4.79 Å². The van der Waals surface area contributed by atoms with Crippen LogP contribution < -0.4 is 0 Å². The van der Waals surface area contributed by atoms with E-state index in [1.54, 1.807) is 0 Å². The highest BCUT2D eigenvalue weighted by atomic mass is 16.4. The lowest BCUT2D eigenvalue weighted by atomic mass is 9.70. The minimum atomic E-state index is -0.691. The van der Waals surface area contributed by atoms with Gasteiger partial charge in [-0.25, -0.2) is 0 Å². The molecular formula is C15H29NO2. The summed E-state index contributed by atoms with van der Waals surface area (Å²) in [7, 11) is 0. The van der Waals surface area contributed by atoms with E-state index in [1.165, 1.54) is 19.3 Å². The number of hydrogen-bond donors (Lipinski definition) is 1.